The highest BCUT2D eigenvalue weighted by Crippen LogP contribution is 2.75. The largest absolute Gasteiger partial charge is 0.467 e. The molecule has 0 aromatic carbocycles. The molecule has 0 aromatic heterocycles. The molecule has 5 aliphatic rings. The van der Waals surface area contributed by atoms with Crippen LogP contribution in [0.2, 0.25) is 0 Å². The van der Waals surface area contributed by atoms with Crippen LogP contribution in [-0.2, 0) is 14.3 Å². The number of fused-ring (bicyclic) bond motifs is 7. The minimum atomic E-state index is -1.51. The Kier molecular flexibility index (Phi) is 5.50. The standard InChI is InChI=1S/C32H50O4/c1-26(2)12-13-28(5)14-16-30(7)20(21(28)19-26)18-22(33)24-29(6)15-17-32(35,25(34)36-9)27(3,4)23(29)10-11-31(24,30)8/h18,21,23-24,35H,10-17,19H2,1-9H3/t21-,23?,24+,28+,29-,30+,31+,32+/m0/s1. The molecule has 5 aliphatic carbocycles. The zero-order valence-electron chi connectivity index (χ0n) is 24.3. The summed E-state index contributed by atoms with van der Waals surface area (Å²) in [6, 6.07) is 0. The van der Waals surface area contributed by atoms with Crippen molar-refractivity contribution in [1.29, 1.82) is 0 Å². The van der Waals surface area contributed by atoms with E-state index >= 15 is 0 Å². The lowest BCUT2D eigenvalue weighted by molar-refractivity contribution is -0.236. The van der Waals surface area contributed by atoms with E-state index in [1.165, 1.54) is 38.4 Å². The zero-order valence-corrected chi connectivity index (χ0v) is 24.3. The van der Waals surface area contributed by atoms with Crippen LogP contribution in [0.1, 0.15) is 113 Å². The molecule has 0 saturated heterocycles. The van der Waals surface area contributed by atoms with E-state index < -0.39 is 17.0 Å². The highest BCUT2D eigenvalue weighted by atomic mass is 16.5. The van der Waals surface area contributed by atoms with E-state index in [1.807, 2.05) is 13.8 Å². The zero-order chi connectivity index (χ0) is 26.7. The number of allylic oxidation sites excluding steroid dienone is 2. The van der Waals surface area contributed by atoms with Crippen LogP contribution < -0.4 is 0 Å². The smallest absolute Gasteiger partial charge is 0.338 e. The Bertz CT molecular complexity index is 1020. The Morgan fingerprint density at radius 1 is 0.917 bits per heavy atom. The molecular weight excluding hydrogens is 448 g/mol. The maximum Gasteiger partial charge on any atom is 0.338 e. The van der Waals surface area contributed by atoms with E-state index in [9.17, 15) is 14.7 Å². The van der Waals surface area contributed by atoms with Crippen molar-refractivity contribution < 1.29 is 19.4 Å². The van der Waals surface area contributed by atoms with Gasteiger partial charge >= 0.3 is 5.97 Å². The van der Waals surface area contributed by atoms with Crippen LogP contribution in [-0.4, -0.2) is 29.6 Å². The van der Waals surface area contributed by atoms with Crippen LogP contribution in [0.3, 0.4) is 0 Å². The lowest BCUT2D eigenvalue weighted by Crippen LogP contribution is -2.69. The first-order chi connectivity index (χ1) is 16.4. The van der Waals surface area contributed by atoms with Crippen LogP contribution in [0.4, 0.5) is 0 Å². The molecule has 4 heteroatoms. The fourth-order valence-corrected chi connectivity index (χ4v) is 10.8. The van der Waals surface area contributed by atoms with Crippen molar-refractivity contribution in [2.24, 2.45) is 50.2 Å². The molecule has 4 nitrogen and oxygen atoms in total. The van der Waals surface area contributed by atoms with Crippen LogP contribution in [0, 0.1) is 50.2 Å². The fourth-order valence-electron chi connectivity index (χ4n) is 10.8. The van der Waals surface area contributed by atoms with Crippen molar-refractivity contribution in [3.05, 3.63) is 11.6 Å². The topological polar surface area (TPSA) is 63.6 Å². The van der Waals surface area contributed by atoms with Gasteiger partial charge in [0.25, 0.3) is 0 Å². The molecule has 8 atom stereocenters. The van der Waals surface area contributed by atoms with Crippen molar-refractivity contribution in [2.45, 2.75) is 119 Å². The third-order valence-electron chi connectivity index (χ3n) is 13.6. The molecule has 1 N–H and O–H groups in total. The van der Waals surface area contributed by atoms with Crippen LogP contribution in [0.25, 0.3) is 0 Å². The molecule has 0 bridgehead atoms. The highest BCUT2D eigenvalue weighted by Gasteiger charge is 2.72. The Hall–Kier alpha value is -1.16. The first kappa shape index (κ1) is 26.4. The maximum absolute atomic E-state index is 14.4. The summed E-state index contributed by atoms with van der Waals surface area (Å²) in [5.41, 5.74) is -0.465. The molecule has 4 fully saturated rings. The second-order valence-corrected chi connectivity index (χ2v) is 15.9. The van der Waals surface area contributed by atoms with Crippen LogP contribution >= 0.6 is 0 Å². The summed E-state index contributed by atoms with van der Waals surface area (Å²) in [5.74, 6) is 0.257. The van der Waals surface area contributed by atoms with Gasteiger partial charge in [0.05, 0.1) is 7.11 Å². The number of carbonyl (C=O) groups excluding carboxylic acids is 2. The SMILES string of the molecule is COC(=O)[C@]1(O)CC[C@@]2(C)C(CC[C@]3(C)[C@@H]2C(=O)C=C2[C@@H]4CC(C)(C)CC[C@]4(C)CC[C@]23C)C1(C)C. The van der Waals surface area contributed by atoms with Gasteiger partial charge in [-0.2, -0.15) is 0 Å². The minimum Gasteiger partial charge on any atom is -0.467 e. The van der Waals surface area contributed by atoms with Gasteiger partial charge in [0.1, 0.15) is 0 Å². The van der Waals surface area contributed by atoms with E-state index in [1.54, 1.807) is 0 Å². The molecule has 0 amide bonds. The number of hydrogen-bond acceptors (Lipinski definition) is 4. The quantitative estimate of drug-likeness (QED) is 0.400. The molecular formula is C32H50O4. The van der Waals surface area contributed by atoms with Crippen molar-refractivity contribution in [3.63, 3.8) is 0 Å². The summed E-state index contributed by atoms with van der Waals surface area (Å²) in [4.78, 5) is 27.2. The third-order valence-corrected chi connectivity index (χ3v) is 13.6. The summed E-state index contributed by atoms with van der Waals surface area (Å²) >= 11 is 0. The van der Waals surface area contributed by atoms with Crippen molar-refractivity contribution in [1.82, 2.24) is 0 Å². The Labute approximate surface area is 219 Å². The van der Waals surface area contributed by atoms with Gasteiger partial charge in [-0.3, -0.25) is 4.79 Å². The second kappa shape index (κ2) is 7.48. The van der Waals surface area contributed by atoms with E-state index in [-0.39, 0.29) is 28.1 Å². The van der Waals surface area contributed by atoms with Crippen molar-refractivity contribution >= 4 is 11.8 Å². The highest BCUT2D eigenvalue weighted by molar-refractivity contribution is 5.96. The molecule has 4 saturated carbocycles. The minimum absolute atomic E-state index is 0.0113. The van der Waals surface area contributed by atoms with E-state index in [0.717, 1.165) is 19.3 Å². The molecule has 1 unspecified atom stereocenters. The molecule has 0 aliphatic heterocycles. The molecule has 202 valence electrons. The Morgan fingerprint density at radius 3 is 2.19 bits per heavy atom. The second-order valence-electron chi connectivity index (χ2n) is 15.9. The van der Waals surface area contributed by atoms with E-state index in [4.69, 9.17) is 4.74 Å². The van der Waals surface area contributed by atoms with Gasteiger partial charge in [0.15, 0.2) is 11.4 Å². The normalized spacial score (nSPS) is 51.1. The van der Waals surface area contributed by atoms with Crippen molar-refractivity contribution in [2.75, 3.05) is 7.11 Å². The summed E-state index contributed by atoms with van der Waals surface area (Å²) in [6.45, 7) is 18.6. The predicted molar refractivity (Wildman–Crippen MR) is 142 cm³/mol. The number of aliphatic hydroxyl groups is 1. The van der Waals surface area contributed by atoms with Gasteiger partial charge in [0.2, 0.25) is 0 Å². The molecule has 36 heavy (non-hydrogen) atoms. The van der Waals surface area contributed by atoms with Gasteiger partial charge in [-0.25, -0.2) is 4.79 Å². The van der Waals surface area contributed by atoms with Gasteiger partial charge < -0.3 is 9.84 Å². The van der Waals surface area contributed by atoms with E-state index in [0.29, 0.717) is 35.4 Å². The number of carbonyl (C=O) groups is 2. The van der Waals surface area contributed by atoms with E-state index in [2.05, 4.69) is 47.6 Å². The lowest BCUT2D eigenvalue weighted by Gasteiger charge is -2.71. The molecule has 0 radical (unpaired) electrons. The van der Waals surface area contributed by atoms with Crippen LogP contribution in [0.5, 0.6) is 0 Å². The number of rotatable bonds is 1. The number of ketones is 1. The summed E-state index contributed by atoms with van der Waals surface area (Å²) in [7, 11) is 1.36. The average Bonchev–Trinajstić information content (AvgIpc) is 2.78. The third kappa shape index (κ3) is 3.03. The Morgan fingerprint density at radius 2 is 1.56 bits per heavy atom. The summed E-state index contributed by atoms with van der Waals surface area (Å²) < 4.78 is 5.09. The molecule has 5 rings (SSSR count). The number of methoxy groups -OCH3 is 1. The summed E-state index contributed by atoms with van der Waals surface area (Å²) in [6.07, 6.45) is 11.1. The van der Waals surface area contributed by atoms with Gasteiger partial charge in [0, 0.05) is 11.3 Å². The van der Waals surface area contributed by atoms with Gasteiger partial charge in [-0.1, -0.05) is 61.0 Å². The van der Waals surface area contributed by atoms with Crippen molar-refractivity contribution in [3.8, 4) is 0 Å². The molecule has 0 spiro atoms. The first-order valence-corrected chi connectivity index (χ1v) is 14.5. The average molecular weight is 499 g/mol. The number of ether oxygens (including phenoxy) is 1. The number of esters is 1. The fraction of sp³-hybridized carbons (Fsp3) is 0.875. The predicted octanol–water partition coefficient (Wildman–Crippen LogP) is 6.89. The molecule has 0 heterocycles. The van der Waals surface area contributed by atoms with Crippen LogP contribution in [0.15, 0.2) is 11.6 Å². The lowest BCUT2D eigenvalue weighted by atomic mass is 9.32. The van der Waals surface area contributed by atoms with Gasteiger partial charge in [-0.15, -0.1) is 0 Å². The Balaban J connectivity index is 1.61. The molecule has 0 aromatic rings. The monoisotopic (exact) mass is 498 g/mol. The number of hydrogen-bond donors (Lipinski definition) is 1. The maximum atomic E-state index is 14.4. The summed E-state index contributed by atoms with van der Waals surface area (Å²) in [5, 5.41) is 11.6. The van der Waals surface area contributed by atoms with Gasteiger partial charge in [-0.05, 0) is 103 Å². The first-order valence-electron chi connectivity index (χ1n) is 14.5.